The van der Waals surface area contributed by atoms with Crippen LogP contribution in [0.1, 0.15) is 40.5 Å². The number of nitrogens with one attached hydrogen (secondary N) is 2. The minimum Gasteiger partial charge on any atom is -0.374 e. The molecule has 24 heavy (non-hydrogen) atoms. The van der Waals surface area contributed by atoms with E-state index < -0.39 is 8.80 Å². The smallest absolute Gasteiger partial charge is 0.374 e. The van der Waals surface area contributed by atoms with Gasteiger partial charge in [0.25, 0.3) is 0 Å². The van der Waals surface area contributed by atoms with Crippen molar-refractivity contribution in [3.63, 3.8) is 0 Å². The summed E-state index contributed by atoms with van der Waals surface area (Å²) in [6.07, 6.45) is 0.958. The van der Waals surface area contributed by atoms with Crippen molar-refractivity contribution >= 4 is 20.6 Å². The van der Waals surface area contributed by atoms with Gasteiger partial charge in [0.05, 0.1) is 0 Å². The Hall–Kier alpha value is -1.22. The number of amides is 2. The van der Waals surface area contributed by atoms with Gasteiger partial charge in [-0.1, -0.05) is 6.58 Å². The summed E-state index contributed by atoms with van der Waals surface area (Å²) in [6.45, 7) is 13.4. The Bertz CT molecular complexity index is 387. The second kappa shape index (κ2) is 13.1. The number of carbonyl (C=O) groups is 2. The fourth-order valence-electron chi connectivity index (χ4n) is 2.06. The molecule has 0 atom stereocenters. The van der Waals surface area contributed by atoms with Gasteiger partial charge in [0.2, 0.25) is 11.8 Å². The summed E-state index contributed by atoms with van der Waals surface area (Å²) < 4.78 is 17.3. The number of hydrogen-bond donors (Lipinski definition) is 2. The Morgan fingerprint density at radius 3 is 1.96 bits per heavy atom. The highest BCUT2D eigenvalue weighted by Gasteiger charge is 2.39. The second-order valence-electron chi connectivity index (χ2n) is 5.22. The molecule has 0 aliphatic heterocycles. The van der Waals surface area contributed by atoms with Gasteiger partial charge in [0.15, 0.2) is 0 Å². The van der Waals surface area contributed by atoms with Crippen LogP contribution in [-0.4, -0.2) is 53.5 Å². The SMILES string of the molecule is C=C(C)C(=O)NCCC(=O)NCCC[Si](OCC)(OCC)OCC. The van der Waals surface area contributed by atoms with E-state index in [2.05, 4.69) is 17.2 Å². The lowest BCUT2D eigenvalue weighted by Crippen LogP contribution is -2.46. The van der Waals surface area contributed by atoms with E-state index in [9.17, 15) is 9.59 Å². The fraction of sp³-hybridized carbons (Fsp3) is 0.750. The zero-order valence-electron chi connectivity index (χ0n) is 15.4. The van der Waals surface area contributed by atoms with E-state index in [1.165, 1.54) is 0 Å². The van der Waals surface area contributed by atoms with Crippen LogP contribution in [0.25, 0.3) is 0 Å². The largest absolute Gasteiger partial charge is 0.500 e. The topological polar surface area (TPSA) is 85.9 Å². The third kappa shape index (κ3) is 9.81. The van der Waals surface area contributed by atoms with Gasteiger partial charge in [-0.05, 0) is 34.1 Å². The van der Waals surface area contributed by atoms with Crippen LogP contribution in [0.3, 0.4) is 0 Å². The van der Waals surface area contributed by atoms with Gasteiger partial charge >= 0.3 is 8.80 Å². The Morgan fingerprint density at radius 2 is 1.50 bits per heavy atom. The van der Waals surface area contributed by atoms with Gasteiger partial charge in [0, 0.05) is 50.9 Å². The van der Waals surface area contributed by atoms with Crippen LogP contribution >= 0.6 is 0 Å². The third-order valence-corrected chi connectivity index (χ3v) is 6.25. The summed E-state index contributed by atoms with van der Waals surface area (Å²) in [5.41, 5.74) is 0.430. The van der Waals surface area contributed by atoms with Crippen LogP contribution in [0, 0.1) is 0 Å². The quantitative estimate of drug-likeness (QED) is 0.279. The van der Waals surface area contributed by atoms with Crippen molar-refractivity contribution in [3.8, 4) is 0 Å². The molecule has 0 heterocycles. The molecule has 7 nitrogen and oxygen atoms in total. The molecule has 0 aromatic heterocycles. The molecule has 140 valence electrons. The number of carbonyl (C=O) groups excluding carboxylic acids is 2. The van der Waals surface area contributed by atoms with Crippen molar-refractivity contribution in [2.24, 2.45) is 0 Å². The first kappa shape index (κ1) is 22.8. The molecule has 2 N–H and O–H groups in total. The van der Waals surface area contributed by atoms with Crippen LogP contribution in [0.5, 0.6) is 0 Å². The maximum atomic E-state index is 11.7. The predicted molar refractivity (Wildman–Crippen MR) is 95.5 cm³/mol. The van der Waals surface area contributed by atoms with Crippen molar-refractivity contribution in [1.29, 1.82) is 0 Å². The van der Waals surface area contributed by atoms with Gasteiger partial charge in [-0.3, -0.25) is 9.59 Å². The van der Waals surface area contributed by atoms with Crippen molar-refractivity contribution in [3.05, 3.63) is 12.2 Å². The summed E-state index contributed by atoms with van der Waals surface area (Å²) in [4.78, 5) is 23.0. The van der Waals surface area contributed by atoms with Crippen molar-refractivity contribution in [2.75, 3.05) is 32.9 Å². The van der Waals surface area contributed by atoms with Crippen LogP contribution in [0.15, 0.2) is 12.2 Å². The molecule has 0 saturated heterocycles. The van der Waals surface area contributed by atoms with Crippen LogP contribution in [0.4, 0.5) is 0 Å². The number of rotatable bonds is 14. The molecular formula is C16H32N2O5Si. The highest BCUT2D eigenvalue weighted by atomic mass is 28.4. The third-order valence-electron chi connectivity index (χ3n) is 3.10. The Balaban J connectivity index is 4.08. The van der Waals surface area contributed by atoms with Crippen LogP contribution in [-0.2, 0) is 22.9 Å². The van der Waals surface area contributed by atoms with E-state index in [4.69, 9.17) is 13.3 Å². The first-order valence-electron chi connectivity index (χ1n) is 8.53. The molecule has 2 amide bonds. The molecule has 0 unspecified atom stereocenters. The molecule has 0 rings (SSSR count). The van der Waals surface area contributed by atoms with E-state index in [1.54, 1.807) is 6.92 Å². The zero-order chi connectivity index (χ0) is 18.4. The first-order chi connectivity index (χ1) is 11.4. The van der Waals surface area contributed by atoms with Crippen molar-refractivity contribution in [1.82, 2.24) is 10.6 Å². The van der Waals surface area contributed by atoms with Crippen molar-refractivity contribution < 1.29 is 22.9 Å². The summed E-state index contributed by atoms with van der Waals surface area (Å²) >= 11 is 0. The van der Waals surface area contributed by atoms with E-state index in [0.717, 1.165) is 6.42 Å². The lowest BCUT2D eigenvalue weighted by molar-refractivity contribution is -0.121. The van der Waals surface area contributed by atoms with Gasteiger partial charge < -0.3 is 23.9 Å². The minimum absolute atomic E-state index is 0.103. The molecule has 0 aromatic carbocycles. The summed E-state index contributed by atoms with van der Waals surface area (Å²) in [5.74, 6) is -0.336. The Labute approximate surface area is 146 Å². The van der Waals surface area contributed by atoms with Gasteiger partial charge in [-0.25, -0.2) is 0 Å². The Morgan fingerprint density at radius 1 is 0.958 bits per heavy atom. The van der Waals surface area contributed by atoms with E-state index in [1.807, 2.05) is 20.8 Å². The second-order valence-corrected chi connectivity index (χ2v) is 7.95. The average Bonchev–Trinajstić information content (AvgIpc) is 2.52. The molecular weight excluding hydrogens is 328 g/mol. The van der Waals surface area contributed by atoms with E-state index in [-0.39, 0.29) is 18.2 Å². The molecule has 0 aliphatic carbocycles. The monoisotopic (exact) mass is 360 g/mol. The average molecular weight is 361 g/mol. The molecule has 0 spiro atoms. The maximum absolute atomic E-state index is 11.7. The lowest BCUT2D eigenvalue weighted by atomic mass is 10.3. The van der Waals surface area contributed by atoms with E-state index in [0.29, 0.717) is 44.5 Å². The summed E-state index contributed by atoms with van der Waals surface area (Å²) in [6, 6.07) is 0.662. The summed E-state index contributed by atoms with van der Waals surface area (Å²) in [5, 5.41) is 5.45. The van der Waals surface area contributed by atoms with E-state index >= 15 is 0 Å². The normalized spacial score (nSPS) is 11.2. The molecule has 0 fully saturated rings. The highest BCUT2D eigenvalue weighted by Crippen LogP contribution is 2.17. The molecule has 8 heteroatoms. The fourth-order valence-corrected chi connectivity index (χ4v) is 4.68. The van der Waals surface area contributed by atoms with Gasteiger partial charge in [-0.15, -0.1) is 0 Å². The Kier molecular flexibility index (Phi) is 12.4. The summed E-state index contributed by atoms with van der Waals surface area (Å²) in [7, 11) is -2.64. The first-order valence-corrected chi connectivity index (χ1v) is 10.5. The molecule has 0 bridgehead atoms. The maximum Gasteiger partial charge on any atom is 0.500 e. The minimum atomic E-state index is -2.64. The van der Waals surface area contributed by atoms with Gasteiger partial charge in [0.1, 0.15) is 0 Å². The molecule has 0 radical (unpaired) electrons. The molecule has 0 aromatic rings. The van der Waals surface area contributed by atoms with Crippen LogP contribution in [0.2, 0.25) is 6.04 Å². The van der Waals surface area contributed by atoms with Crippen LogP contribution < -0.4 is 10.6 Å². The lowest BCUT2D eigenvalue weighted by Gasteiger charge is -2.28. The number of hydrogen-bond acceptors (Lipinski definition) is 5. The van der Waals surface area contributed by atoms with Crippen molar-refractivity contribution in [2.45, 2.75) is 46.6 Å². The highest BCUT2D eigenvalue weighted by molar-refractivity contribution is 6.60. The molecule has 0 saturated carbocycles. The predicted octanol–water partition coefficient (Wildman–Crippen LogP) is 1.62. The standard InChI is InChI=1S/C16H32N2O5Si/c1-6-21-24(22-7-2,23-8-3)13-9-11-17-15(19)10-12-18-16(20)14(4)5/h4,6-13H2,1-3,5H3,(H,17,19)(H,18,20). The molecule has 0 aliphatic rings. The van der Waals surface area contributed by atoms with Gasteiger partial charge in [-0.2, -0.15) is 0 Å². The zero-order valence-corrected chi connectivity index (χ0v) is 16.4.